The molecule has 0 aliphatic carbocycles. The molecule has 0 bridgehead atoms. The molecule has 4 rings (SSSR count). The van der Waals surface area contributed by atoms with Gasteiger partial charge in [0, 0.05) is 15.1 Å². The molecule has 7 heteroatoms. The average molecular weight is 431 g/mol. The average Bonchev–Trinajstić information content (AvgIpc) is 2.99. The molecule has 1 aliphatic heterocycles. The minimum absolute atomic E-state index is 0.0219. The molecule has 0 N–H and O–H groups in total. The van der Waals surface area contributed by atoms with Gasteiger partial charge in [0.05, 0.1) is 10.9 Å². The van der Waals surface area contributed by atoms with E-state index in [9.17, 15) is 9.59 Å². The van der Waals surface area contributed by atoms with Crippen molar-refractivity contribution in [3.05, 3.63) is 85.3 Å². The number of carbonyl (C=O) groups is 1. The van der Waals surface area contributed by atoms with Crippen LogP contribution < -0.4 is 5.43 Å². The quantitative estimate of drug-likeness (QED) is 0.442. The van der Waals surface area contributed by atoms with Gasteiger partial charge in [-0.2, -0.15) is 0 Å². The first kappa shape index (κ1) is 16.8. The Balaban J connectivity index is 1.79. The maximum absolute atomic E-state index is 12.6. The molecule has 3 aromatic rings. The van der Waals surface area contributed by atoms with E-state index in [1.165, 1.54) is 18.4 Å². The van der Waals surface area contributed by atoms with Crippen molar-refractivity contribution in [2.75, 3.05) is 0 Å². The van der Waals surface area contributed by atoms with Crippen LogP contribution in [0.15, 0.2) is 73.1 Å². The summed E-state index contributed by atoms with van der Waals surface area (Å²) in [5.41, 5.74) is 0.960. The van der Waals surface area contributed by atoms with E-state index in [0.717, 1.165) is 4.47 Å². The Hall–Kier alpha value is -2.70. The van der Waals surface area contributed by atoms with Gasteiger partial charge < -0.3 is 9.15 Å². The van der Waals surface area contributed by atoms with Gasteiger partial charge in [0.25, 0.3) is 0 Å². The lowest BCUT2D eigenvalue weighted by Gasteiger charge is -1.99. The number of aliphatic imine (C=N–C) groups is 1. The minimum Gasteiger partial charge on any atom is -0.463 e. The number of halogens is 2. The minimum atomic E-state index is -0.634. The van der Waals surface area contributed by atoms with E-state index in [0.29, 0.717) is 21.6 Å². The summed E-state index contributed by atoms with van der Waals surface area (Å²) in [5.74, 6) is -0.457. The van der Waals surface area contributed by atoms with Crippen LogP contribution in [0.25, 0.3) is 17.0 Å². The summed E-state index contributed by atoms with van der Waals surface area (Å²) < 4.78 is 11.5. The van der Waals surface area contributed by atoms with Crippen molar-refractivity contribution in [2.24, 2.45) is 4.99 Å². The first-order valence-corrected chi connectivity index (χ1v) is 8.68. The monoisotopic (exact) mass is 429 g/mol. The number of fused-ring (bicyclic) bond motifs is 1. The normalized spacial score (nSPS) is 15.4. The number of nitrogens with zero attached hydrogens (tertiary/aromatic N) is 1. The molecular formula is C19H9BrClNO4. The van der Waals surface area contributed by atoms with Crippen molar-refractivity contribution in [3.8, 4) is 0 Å². The fourth-order valence-corrected chi connectivity index (χ4v) is 3.09. The van der Waals surface area contributed by atoms with Crippen LogP contribution in [0.4, 0.5) is 0 Å². The second kappa shape index (κ2) is 6.55. The molecule has 5 nitrogen and oxygen atoms in total. The van der Waals surface area contributed by atoms with Crippen LogP contribution in [0.3, 0.4) is 0 Å². The Kier molecular flexibility index (Phi) is 4.22. The van der Waals surface area contributed by atoms with Crippen LogP contribution in [-0.4, -0.2) is 11.9 Å². The molecule has 128 valence electrons. The van der Waals surface area contributed by atoms with Gasteiger partial charge in [-0.15, -0.1) is 0 Å². The predicted octanol–water partition coefficient (Wildman–Crippen LogP) is 4.55. The molecule has 0 saturated carbocycles. The predicted molar refractivity (Wildman–Crippen MR) is 102 cm³/mol. The van der Waals surface area contributed by atoms with Crippen molar-refractivity contribution in [1.29, 1.82) is 0 Å². The van der Waals surface area contributed by atoms with Gasteiger partial charge in [-0.05, 0) is 42.5 Å². The Morgan fingerprint density at radius 3 is 2.77 bits per heavy atom. The SMILES string of the molecule is O=C1OC(c2cccc(Br)c2)=NC1=Cc1coc2ccc(Cl)cc2c1=O. The molecule has 0 amide bonds. The zero-order chi connectivity index (χ0) is 18.3. The van der Waals surface area contributed by atoms with Gasteiger partial charge in [0.2, 0.25) is 5.90 Å². The zero-order valence-corrected chi connectivity index (χ0v) is 15.4. The summed E-state index contributed by atoms with van der Waals surface area (Å²) in [6.07, 6.45) is 2.63. The number of benzene rings is 2. The molecule has 1 aromatic heterocycles. The third-order valence-corrected chi connectivity index (χ3v) is 4.47. The summed E-state index contributed by atoms with van der Waals surface area (Å²) in [6.45, 7) is 0. The molecule has 0 spiro atoms. The van der Waals surface area contributed by atoms with Crippen molar-refractivity contribution < 1.29 is 13.9 Å². The number of hydrogen-bond donors (Lipinski definition) is 0. The zero-order valence-electron chi connectivity index (χ0n) is 13.0. The van der Waals surface area contributed by atoms with E-state index >= 15 is 0 Å². The first-order chi connectivity index (χ1) is 12.5. The van der Waals surface area contributed by atoms with Crippen LogP contribution >= 0.6 is 27.5 Å². The second-order valence-corrected chi connectivity index (χ2v) is 6.86. The summed E-state index contributed by atoms with van der Waals surface area (Å²) in [6, 6.07) is 12.0. The molecule has 26 heavy (non-hydrogen) atoms. The number of rotatable bonds is 2. The van der Waals surface area contributed by atoms with Crippen molar-refractivity contribution in [3.63, 3.8) is 0 Å². The Morgan fingerprint density at radius 1 is 1.12 bits per heavy atom. The van der Waals surface area contributed by atoms with E-state index in [-0.39, 0.29) is 22.6 Å². The van der Waals surface area contributed by atoms with Crippen LogP contribution in [0.2, 0.25) is 5.02 Å². The summed E-state index contributed by atoms with van der Waals surface area (Å²) in [5, 5.41) is 0.749. The van der Waals surface area contributed by atoms with Gasteiger partial charge in [0.1, 0.15) is 11.8 Å². The Labute approximate surface area is 160 Å². The summed E-state index contributed by atoms with van der Waals surface area (Å²) in [7, 11) is 0. The largest absolute Gasteiger partial charge is 0.463 e. The molecule has 1 aliphatic rings. The second-order valence-electron chi connectivity index (χ2n) is 5.51. The third-order valence-electron chi connectivity index (χ3n) is 3.75. The maximum atomic E-state index is 12.6. The molecule has 2 heterocycles. The highest BCUT2D eigenvalue weighted by Gasteiger charge is 2.24. The van der Waals surface area contributed by atoms with E-state index in [1.54, 1.807) is 30.3 Å². The van der Waals surface area contributed by atoms with Gasteiger partial charge in [0.15, 0.2) is 11.1 Å². The first-order valence-electron chi connectivity index (χ1n) is 7.51. The van der Waals surface area contributed by atoms with Crippen LogP contribution in [0.5, 0.6) is 0 Å². The lowest BCUT2D eigenvalue weighted by atomic mass is 10.1. The fraction of sp³-hybridized carbons (Fsp3) is 0. The number of carbonyl (C=O) groups excluding carboxylic acids is 1. The number of esters is 1. The lowest BCUT2D eigenvalue weighted by Crippen LogP contribution is -2.07. The Bertz CT molecular complexity index is 1180. The summed E-state index contributed by atoms with van der Waals surface area (Å²) >= 11 is 9.30. The van der Waals surface area contributed by atoms with Crippen molar-refractivity contribution in [2.45, 2.75) is 0 Å². The highest BCUT2D eigenvalue weighted by Crippen LogP contribution is 2.22. The molecule has 2 aromatic carbocycles. The van der Waals surface area contributed by atoms with Crippen LogP contribution in [0.1, 0.15) is 11.1 Å². The van der Waals surface area contributed by atoms with Gasteiger partial charge in [-0.3, -0.25) is 4.79 Å². The molecule has 0 radical (unpaired) electrons. The highest BCUT2D eigenvalue weighted by atomic mass is 79.9. The lowest BCUT2D eigenvalue weighted by molar-refractivity contribution is -0.129. The van der Waals surface area contributed by atoms with Gasteiger partial charge in [-0.25, -0.2) is 9.79 Å². The fourth-order valence-electron chi connectivity index (χ4n) is 2.52. The Morgan fingerprint density at radius 2 is 1.96 bits per heavy atom. The van der Waals surface area contributed by atoms with Crippen molar-refractivity contribution in [1.82, 2.24) is 0 Å². The molecule has 0 atom stereocenters. The van der Waals surface area contributed by atoms with E-state index in [1.807, 2.05) is 6.07 Å². The van der Waals surface area contributed by atoms with E-state index < -0.39 is 5.97 Å². The van der Waals surface area contributed by atoms with Gasteiger partial charge in [-0.1, -0.05) is 33.6 Å². The van der Waals surface area contributed by atoms with Crippen LogP contribution in [-0.2, 0) is 9.53 Å². The summed E-state index contributed by atoms with van der Waals surface area (Å²) in [4.78, 5) is 28.9. The molecular weight excluding hydrogens is 422 g/mol. The maximum Gasteiger partial charge on any atom is 0.363 e. The van der Waals surface area contributed by atoms with Crippen LogP contribution in [0, 0.1) is 0 Å². The number of ether oxygens (including phenoxy) is 1. The number of cyclic esters (lactones) is 1. The topological polar surface area (TPSA) is 68.9 Å². The third kappa shape index (κ3) is 3.09. The molecule has 0 saturated heterocycles. The van der Waals surface area contributed by atoms with E-state index in [2.05, 4.69) is 20.9 Å². The highest BCUT2D eigenvalue weighted by molar-refractivity contribution is 9.10. The number of hydrogen-bond acceptors (Lipinski definition) is 5. The van der Waals surface area contributed by atoms with Crippen molar-refractivity contribution >= 4 is 56.4 Å². The molecule has 0 fully saturated rings. The van der Waals surface area contributed by atoms with E-state index in [4.69, 9.17) is 20.8 Å². The molecule has 0 unspecified atom stereocenters. The standard InChI is InChI=1S/C19H9BrClNO4/c20-12-3-1-2-10(6-12)18-22-15(19(24)26-18)7-11-9-25-16-5-4-13(21)8-14(16)17(11)23/h1-9H. The van der Waals surface area contributed by atoms with Gasteiger partial charge >= 0.3 is 5.97 Å². The smallest absolute Gasteiger partial charge is 0.363 e.